The van der Waals surface area contributed by atoms with E-state index in [4.69, 9.17) is 21.7 Å². The van der Waals surface area contributed by atoms with E-state index in [1.165, 1.54) is 5.56 Å². The van der Waals surface area contributed by atoms with Gasteiger partial charge in [-0.1, -0.05) is 0 Å². The largest absolute Gasteiger partial charge is 0.454 e. The van der Waals surface area contributed by atoms with Crippen molar-refractivity contribution in [1.82, 2.24) is 14.8 Å². The lowest BCUT2D eigenvalue weighted by atomic mass is 10.2. The van der Waals surface area contributed by atoms with E-state index >= 15 is 0 Å². The van der Waals surface area contributed by atoms with Crippen LogP contribution in [0, 0.1) is 0 Å². The molecule has 0 spiro atoms. The zero-order chi connectivity index (χ0) is 17.1. The molecule has 1 saturated heterocycles. The standard InChI is InChI=1S/C18H20N4O2S/c25-18(20-15-1-2-16-17(11-15)24-13-23-16)22-9-7-21(8-10-22)12-14-3-5-19-6-4-14/h1-6,11H,7-10,12-13H2,(H,20,25). The topological polar surface area (TPSA) is 49.9 Å². The van der Waals surface area contributed by atoms with Gasteiger partial charge < -0.3 is 19.7 Å². The Labute approximate surface area is 152 Å². The van der Waals surface area contributed by atoms with Gasteiger partial charge in [-0.05, 0) is 42.0 Å². The summed E-state index contributed by atoms with van der Waals surface area (Å²) in [7, 11) is 0. The van der Waals surface area contributed by atoms with Crippen molar-refractivity contribution in [2.45, 2.75) is 6.54 Å². The van der Waals surface area contributed by atoms with Crippen LogP contribution >= 0.6 is 12.2 Å². The van der Waals surface area contributed by atoms with E-state index in [0.29, 0.717) is 0 Å². The van der Waals surface area contributed by atoms with Gasteiger partial charge in [0.15, 0.2) is 16.6 Å². The Hall–Kier alpha value is -2.38. The molecule has 2 aliphatic heterocycles. The predicted molar refractivity (Wildman–Crippen MR) is 99.9 cm³/mol. The summed E-state index contributed by atoms with van der Waals surface area (Å²) in [6.07, 6.45) is 3.69. The number of fused-ring (bicyclic) bond motifs is 1. The lowest BCUT2D eigenvalue weighted by Crippen LogP contribution is -2.49. The Kier molecular flexibility index (Phi) is 4.67. The maximum Gasteiger partial charge on any atom is 0.231 e. The molecule has 4 rings (SSSR count). The van der Waals surface area contributed by atoms with Crippen LogP contribution in [0.1, 0.15) is 5.56 Å². The molecule has 0 amide bonds. The van der Waals surface area contributed by atoms with Crippen LogP contribution in [0.3, 0.4) is 0 Å². The van der Waals surface area contributed by atoms with Gasteiger partial charge in [0.1, 0.15) is 0 Å². The van der Waals surface area contributed by atoms with Crippen molar-refractivity contribution in [1.29, 1.82) is 0 Å². The molecule has 0 aliphatic carbocycles. The number of nitrogens with one attached hydrogen (secondary N) is 1. The Morgan fingerprint density at radius 1 is 1.04 bits per heavy atom. The van der Waals surface area contributed by atoms with E-state index in [1.54, 1.807) is 0 Å². The number of aromatic nitrogens is 1. The molecule has 3 heterocycles. The Balaban J connectivity index is 1.29. The third-order valence-corrected chi connectivity index (χ3v) is 4.80. The lowest BCUT2D eigenvalue weighted by molar-refractivity contribution is 0.174. The highest BCUT2D eigenvalue weighted by Crippen LogP contribution is 2.34. The average Bonchev–Trinajstić information content (AvgIpc) is 3.11. The number of thiocarbonyl (C=S) groups is 1. The summed E-state index contributed by atoms with van der Waals surface area (Å²) in [5.41, 5.74) is 2.22. The molecule has 2 aromatic rings. The van der Waals surface area contributed by atoms with Crippen LogP contribution in [-0.4, -0.2) is 52.9 Å². The van der Waals surface area contributed by atoms with Gasteiger partial charge in [0.05, 0.1) is 0 Å². The molecule has 6 nitrogen and oxygen atoms in total. The van der Waals surface area contributed by atoms with Gasteiger partial charge in [-0.3, -0.25) is 9.88 Å². The molecular formula is C18H20N4O2S. The molecule has 130 valence electrons. The highest BCUT2D eigenvalue weighted by atomic mass is 32.1. The predicted octanol–water partition coefficient (Wildman–Crippen LogP) is 2.32. The highest BCUT2D eigenvalue weighted by Gasteiger charge is 2.20. The molecule has 2 aliphatic rings. The van der Waals surface area contributed by atoms with Gasteiger partial charge in [-0.2, -0.15) is 0 Å². The first-order chi connectivity index (χ1) is 12.3. The van der Waals surface area contributed by atoms with Crippen molar-refractivity contribution in [3.63, 3.8) is 0 Å². The maximum atomic E-state index is 5.57. The van der Waals surface area contributed by atoms with E-state index in [-0.39, 0.29) is 6.79 Å². The molecule has 1 aromatic carbocycles. The molecular weight excluding hydrogens is 336 g/mol. The number of ether oxygens (including phenoxy) is 2. The molecule has 0 saturated carbocycles. The average molecular weight is 356 g/mol. The quantitative estimate of drug-likeness (QED) is 0.847. The number of benzene rings is 1. The number of rotatable bonds is 3. The van der Waals surface area contributed by atoms with Crippen molar-refractivity contribution >= 4 is 23.0 Å². The maximum absolute atomic E-state index is 5.57. The highest BCUT2D eigenvalue weighted by molar-refractivity contribution is 7.80. The molecule has 1 N–H and O–H groups in total. The third kappa shape index (κ3) is 3.83. The molecule has 1 aromatic heterocycles. The Bertz CT molecular complexity index is 748. The fourth-order valence-corrected chi connectivity index (χ4v) is 3.33. The van der Waals surface area contributed by atoms with Crippen molar-refractivity contribution in [3.8, 4) is 11.5 Å². The minimum absolute atomic E-state index is 0.280. The minimum Gasteiger partial charge on any atom is -0.454 e. The zero-order valence-corrected chi connectivity index (χ0v) is 14.7. The van der Waals surface area contributed by atoms with Crippen molar-refractivity contribution < 1.29 is 9.47 Å². The number of piperazine rings is 1. The number of nitrogens with zero attached hydrogens (tertiary/aromatic N) is 3. The first kappa shape index (κ1) is 16.1. The Morgan fingerprint density at radius 3 is 2.60 bits per heavy atom. The van der Waals surface area contributed by atoms with Gasteiger partial charge in [0, 0.05) is 56.9 Å². The summed E-state index contributed by atoms with van der Waals surface area (Å²) in [6, 6.07) is 9.92. The smallest absolute Gasteiger partial charge is 0.231 e. The van der Waals surface area contributed by atoms with E-state index in [1.807, 2.05) is 30.6 Å². The molecule has 7 heteroatoms. The van der Waals surface area contributed by atoms with Crippen molar-refractivity contribution in [2.75, 3.05) is 38.3 Å². The summed E-state index contributed by atoms with van der Waals surface area (Å²) < 4.78 is 10.7. The van der Waals surface area contributed by atoms with Crippen LogP contribution in [0.15, 0.2) is 42.7 Å². The first-order valence-electron chi connectivity index (χ1n) is 8.35. The number of hydrogen-bond donors (Lipinski definition) is 1. The molecule has 0 radical (unpaired) electrons. The van der Waals surface area contributed by atoms with Crippen LogP contribution in [-0.2, 0) is 6.54 Å². The van der Waals surface area contributed by atoms with Crippen LogP contribution in [0.25, 0.3) is 0 Å². The molecule has 0 bridgehead atoms. The lowest BCUT2D eigenvalue weighted by Gasteiger charge is -2.36. The fourth-order valence-electron chi connectivity index (χ4n) is 3.03. The van der Waals surface area contributed by atoms with Gasteiger partial charge in [0.2, 0.25) is 6.79 Å². The van der Waals surface area contributed by atoms with Crippen molar-refractivity contribution in [2.24, 2.45) is 0 Å². The van der Waals surface area contributed by atoms with Gasteiger partial charge in [0.25, 0.3) is 0 Å². The van der Waals surface area contributed by atoms with Gasteiger partial charge >= 0.3 is 0 Å². The second-order valence-corrected chi connectivity index (χ2v) is 6.50. The van der Waals surface area contributed by atoms with Crippen LogP contribution in [0.2, 0.25) is 0 Å². The molecule has 0 atom stereocenters. The second-order valence-electron chi connectivity index (χ2n) is 6.12. The number of anilines is 1. The summed E-state index contributed by atoms with van der Waals surface area (Å²) >= 11 is 5.57. The number of hydrogen-bond acceptors (Lipinski definition) is 5. The van der Waals surface area contributed by atoms with Crippen LogP contribution in [0.4, 0.5) is 5.69 Å². The summed E-state index contributed by atoms with van der Waals surface area (Å²) in [6.45, 7) is 5.06. The summed E-state index contributed by atoms with van der Waals surface area (Å²) in [5.74, 6) is 1.54. The third-order valence-electron chi connectivity index (χ3n) is 4.44. The minimum atomic E-state index is 0.280. The van der Waals surface area contributed by atoms with E-state index in [0.717, 1.165) is 55.0 Å². The SMILES string of the molecule is S=C(Nc1ccc2c(c1)OCO2)N1CCN(Cc2ccncc2)CC1. The van der Waals surface area contributed by atoms with E-state index in [2.05, 4.69) is 32.2 Å². The second kappa shape index (κ2) is 7.25. The molecule has 25 heavy (non-hydrogen) atoms. The fraction of sp³-hybridized carbons (Fsp3) is 0.333. The molecule has 0 unspecified atom stereocenters. The van der Waals surface area contributed by atoms with E-state index in [9.17, 15) is 0 Å². The van der Waals surface area contributed by atoms with Crippen LogP contribution in [0.5, 0.6) is 11.5 Å². The molecule has 1 fully saturated rings. The zero-order valence-electron chi connectivity index (χ0n) is 13.9. The monoisotopic (exact) mass is 356 g/mol. The Morgan fingerprint density at radius 2 is 1.80 bits per heavy atom. The van der Waals surface area contributed by atoms with Crippen LogP contribution < -0.4 is 14.8 Å². The number of pyridine rings is 1. The van der Waals surface area contributed by atoms with E-state index < -0.39 is 0 Å². The summed E-state index contributed by atoms with van der Waals surface area (Å²) in [4.78, 5) is 8.72. The first-order valence-corrected chi connectivity index (χ1v) is 8.75. The summed E-state index contributed by atoms with van der Waals surface area (Å²) in [5, 5.41) is 4.05. The van der Waals surface area contributed by atoms with Gasteiger partial charge in [-0.25, -0.2) is 0 Å². The normalized spacial score (nSPS) is 16.7. The van der Waals surface area contributed by atoms with Crippen molar-refractivity contribution in [3.05, 3.63) is 48.3 Å². The van der Waals surface area contributed by atoms with Gasteiger partial charge in [-0.15, -0.1) is 0 Å².